The fourth-order valence-electron chi connectivity index (χ4n) is 3.79. The van der Waals surface area contributed by atoms with Gasteiger partial charge in [0, 0.05) is 10.9 Å². The molecule has 1 atom stereocenters. The fraction of sp³-hybridized carbons (Fsp3) is 0.789. The molecule has 1 heterocycles. The molecule has 1 nitrogen and oxygen atoms in total. The molecule has 120 valence electrons. The Morgan fingerprint density at radius 3 is 2.52 bits per heavy atom. The first kappa shape index (κ1) is 17.0. The molecular formula is C19H33NS. The molecule has 1 aromatic heterocycles. The summed E-state index contributed by atoms with van der Waals surface area (Å²) in [6.07, 6.45) is 11.2. The van der Waals surface area contributed by atoms with Crippen molar-refractivity contribution in [3.05, 3.63) is 21.9 Å². The van der Waals surface area contributed by atoms with E-state index in [1.165, 1.54) is 56.2 Å². The van der Waals surface area contributed by atoms with Crippen LogP contribution in [-0.2, 0) is 0 Å². The average Bonchev–Trinajstić information content (AvgIpc) is 2.93. The summed E-state index contributed by atoms with van der Waals surface area (Å²) in [7, 11) is 0. The maximum Gasteiger partial charge on any atom is 0.0357 e. The number of hydrogen-bond donors (Lipinski definition) is 1. The molecule has 0 aliphatic heterocycles. The van der Waals surface area contributed by atoms with Gasteiger partial charge in [-0.2, -0.15) is 0 Å². The van der Waals surface area contributed by atoms with E-state index < -0.39 is 0 Å². The van der Waals surface area contributed by atoms with Crippen molar-refractivity contribution >= 4 is 11.3 Å². The summed E-state index contributed by atoms with van der Waals surface area (Å²) in [5.74, 6) is 1.86. The minimum atomic E-state index is 0.599. The van der Waals surface area contributed by atoms with Crippen LogP contribution in [0.4, 0.5) is 0 Å². The number of thiophene rings is 1. The van der Waals surface area contributed by atoms with Gasteiger partial charge in [-0.25, -0.2) is 0 Å². The predicted octanol–water partition coefficient (Wildman–Crippen LogP) is 6.09. The quantitative estimate of drug-likeness (QED) is 0.612. The molecule has 2 heteroatoms. The van der Waals surface area contributed by atoms with Crippen molar-refractivity contribution in [1.82, 2.24) is 5.32 Å². The van der Waals surface area contributed by atoms with E-state index in [1.807, 2.05) is 11.3 Å². The van der Waals surface area contributed by atoms with Gasteiger partial charge in [-0.05, 0) is 61.6 Å². The van der Waals surface area contributed by atoms with Gasteiger partial charge in [0.15, 0.2) is 0 Å². The lowest BCUT2D eigenvalue weighted by molar-refractivity contribution is 0.213. The van der Waals surface area contributed by atoms with Gasteiger partial charge in [-0.3, -0.25) is 0 Å². The van der Waals surface area contributed by atoms with Crippen LogP contribution in [0, 0.1) is 18.8 Å². The zero-order chi connectivity index (χ0) is 15.1. The number of rotatable bonds is 8. The molecule has 0 radical (unpaired) electrons. The topological polar surface area (TPSA) is 12.0 Å². The van der Waals surface area contributed by atoms with Gasteiger partial charge in [-0.15, -0.1) is 11.3 Å². The molecule has 21 heavy (non-hydrogen) atoms. The second kappa shape index (κ2) is 8.95. The van der Waals surface area contributed by atoms with Crippen molar-refractivity contribution in [2.24, 2.45) is 11.8 Å². The minimum absolute atomic E-state index is 0.599. The van der Waals surface area contributed by atoms with Gasteiger partial charge in [0.25, 0.3) is 0 Å². The Kier molecular flexibility index (Phi) is 7.25. The maximum atomic E-state index is 3.83. The summed E-state index contributed by atoms with van der Waals surface area (Å²) in [5.41, 5.74) is 1.54. The Hall–Kier alpha value is -0.340. The third-order valence-corrected chi connectivity index (χ3v) is 5.93. The van der Waals surface area contributed by atoms with E-state index in [2.05, 4.69) is 37.5 Å². The van der Waals surface area contributed by atoms with Crippen molar-refractivity contribution in [2.45, 2.75) is 78.2 Å². The van der Waals surface area contributed by atoms with E-state index >= 15 is 0 Å². The second-order valence-electron chi connectivity index (χ2n) is 6.85. The summed E-state index contributed by atoms with van der Waals surface area (Å²) in [6.45, 7) is 7.96. The molecule has 1 saturated carbocycles. The van der Waals surface area contributed by atoms with Crippen LogP contribution in [0.2, 0.25) is 0 Å². The molecule has 1 aliphatic carbocycles. The number of aryl methyl sites for hydroxylation is 1. The van der Waals surface area contributed by atoms with Crippen molar-refractivity contribution in [2.75, 3.05) is 6.54 Å². The molecule has 0 aromatic carbocycles. The van der Waals surface area contributed by atoms with Crippen LogP contribution < -0.4 is 5.32 Å². The van der Waals surface area contributed by atoms with Crippen LogP contribution in [-0.4, -0.2) is 6.54 Å². The molecule has 0 spiro atoms. The molecule has 0 bridgehead atoms. The number of unbranched alkanes of at least 4 members (excludes halogenated alkanes) is 1. The molecule has 1 N–H and O–H groups in total. The highest BCUT2D eigenvalue weighted by Gasteiger charge is 2.28. The van der Waals surface area contributed by atoms with E-state index in [0.29, 0.717) is 6.04 Å². The first-order valence-corrected chi connectivity index (χ1v) is 9.91. The van der Waals surface area contributed by atoms with Crippen LogP contribution in [0.15, 0.2) is 11.4 Å². The van der Waals surface area contributed by atoms with Crippen LogP contribution in [0.3, 0.4) is 0 Å². The van der Waals surface area contributed by atoms with E-state index in [1.54, 1.807) is 5.56 Å². The van der Waals surface area contributed by atoms with Crippen molar-refractivity contribution in [3.8, 4) is 0 Å². The second-order valence-corrected chi connectivity index (χ2v) is 7.96. The first-order chi connectivity index (χ1) is 10.2. The van der Waals surface area contributed by atoms with Crippen LogP contribution in [0.1, 0.15) is 81.7 Å². The zero-order valence-electron chi connectivity index (χ0n) is 14.2. The molecule has 0 saturated heterocycles. The highest BCUT2D eigenvalue weighted by atomic mass is 32.1. The zero-order valence-corrected chi connectivity index (χ0v) is 15.0. The summed E-state index contributed by atoms with van der Waals surface area (Å²) in [6, 6.07) is 3.00. The van der Waals surface area contributed by atoms with Crippen molar-refractivity contribution < 1.29 is 0 Å². The normalized spacial score (nSPS) is 24.1. The largest absolute Gasteiger partial charge is 0.310 e. The summed E-state index contributed by atoms with van der Waals surface area (Å²) < 4.78 is 0. The van der Waals surface area contributed by atoms with Crippen LogP contribution in [0.25, 0.3) is 0 Å². The summed E-state index contributed by atoms with van der Waals surface area (Å²) >= 11 is 1.90. The Morgan fingerprint density at radius 1 is 1.19 bits per heavy atom. The van der Waals surface area contributed by atoms with Crippen molar-refractivity contribution in [1.29, 1.82) is 0 Å². The summed E-state index contributed by atoms with van der Waals surface area (Å²) in [5, 5.41) is 6.21. The highest BCUT2D eigenvalue weighted by molar-refractivity contribution is 7.10. The fourth-order valence-corrected chi connectivity index (χ4v) is 4.53. The van der Waals surface area contributed by atoms with Gasteiger partial charge in [-0.1, -0.05) is 46.0 Å². The summed E-state index contributed by atoms with van der Waals surface area (Å²) in [4.78, 5) is 1.45. The van der Waals surface area contributed by atoms with Crippen LogP contribution >= 0.6 is 11.3 Å². The van der Waals surface area contributed by atoms with Gasteiger partial charge < -0.3 is 5.32 Å². The van der Waals surface area contributed by atoms with E-state index in [9.17, 15) is 0 Å². The molecule has 0 amide bonds. The lowest BCUT2D eigenvalue weighted by Gasteiger charge is -2.34. The third-order valence-electron chi connectivity index (χ3n) is 5.05. The Bertz CT molecular complexity index is 390. The Balaban J connectivity index is 1.92. The van der Waals surface area contributed by atoms with E-state index in [-0.39, 0.29) is 0 Å². The Labute approximate surface area is 135 Å². The molecular weight excluding hydrogens is 274 g/mol. The standard InChI is InChI=1S/C19H33NS/c1-4-6-7-16-8-10-17(11-9-16)19(20-12-5-2)18-13-15(3)21-14-18/h13-14,16-17,19-20H,4-12H2,1-3H3. The Morgan fingerprint density at radius 2 is 1.95 bits per heavy atom. The van der Waals surface area contributed by atoms with Crippen molar-refractivity contribution in [3.63, 3.8) is 0 Å². The van der Waals surface area contributed by atoms with Gasteiger partial charge in [0.1, 0.15) is 0 Å². The first-order valence-electron chi connectivity index (χ1n) is 9.03. The molecule has 1 fully saturated rings. The molecule has 1 aliphatic rings. The molecule has 1 unspecified atom stereocenters. The van der Waals surface area contributed by atoms with E-state index in [0.717, 1.165) is 18.4 Å². The molecule has 1 aromatic rings. The van der Waals surface area contributed by atoms with Gasteiger partial charge >= 0.3 is 0 Å². The highest BCUT2D eigenvalue weighted by Crippen LogP contribution is 2.39. The number of nitrogens with one attached hydrogen (secondary N) is 1. The van der Waals surface area contributed by atoms with Gasteiger partial charge in [0.05, 0.1) is 0 Å². The maximum absolute atomic E-state index is 3.83. The SMILES string of the molecule is CCCCC1CCC(C(NCCC)c2csc(C)c2)CC1. The van der Waals surface area contributed by atoms with Crippen LogP contribution in [0.5, 0.6) is 0 Å². The average molecular weight is 308 g/mol. The number of hydrogen-bond acceptors (Lipinski definition) is 2. The lowest BCUT2D eigenvalue weighted by Crippen LogP contribution is -2.31. The third kappa shape index (κ3) is 5.10. The molecule has 2 rings (SSSR count). The van der Waals surface area contributed by atoms with E-state index in [4.69, 9.17) is 0 Å². The minimum Gasteiger partial charge on any atom is -0.310 e. The smallest absolute Gasteiger partial charge is 0.0357 e. The predicted molar refractivity (Wildman–Crippen MR) is 95.1 cm³/mol. The monoisotopic (exact) mass is 307 g/mol. The van der Waals surface area contributed by atoms with Gasteiger partial charge in [0.2, 0.25) is 0 Å². The lowest BCUT2D eigenvalue weighted by atomic mass is 9.75.